The summed E-state index contributed by atoms with van der Waals surface area (Å²) >= 11 is 7.68. The molecule has 1 unspecified atom stereocenters. The first-order chi connectivity index (χ1) is 9.17. The number of aryl methyl sites for hydroxylation is 1. The number of nitrogens with one attached hydrogen (secondary N) is 1. The molecule has 0 aliphatic heterocycles. The van der Waals surface area contributed by atoms with Crippen LogP contribution in [-0.2, 0) is 12.8 Å². The fourth-order valence-electron chi connectivity index (χ4n) is 2.33. The molecule has 3 heteroatoms. The average Bonchev–Trinajstić information content (AvgIpc) is 2.75. The standard InChI is InChI=1S/C16H20ClNS/c1-3-18-14(11-15-7-8-16(17)19-15)10-13-6-4-5-12(2)9-13/h4-9,14,18H,3,10-11H2,1-2H3. The predicted octanol–water partition coefficient (Wildman–Crippen LogP) is 4.47. The monoisotopic (exact) mass is 293 g/mol. The number of rotatable bonds is 6. The number of hydrogen-bond donors (Lipinski definition) is 1. The second-order valence-electron chi connectivity index (χ2n) is 4.86. The van der Waals surface area contributed by atoms with Crippen LogP contribution in [0.3, 0.4) is 0 Å². The molecule has 1 aromatic heterocycles. The quantitative estimate of drug-likeness (QED) is 0.828. The Hall–Kier alpha value is -0.830. The summed E-state index contributed by atoms with van der Waals surface area (Å²) in [4.78, 5) is 1.35. The van der Waals surface area contributed by atoms with E-state index in [1.807, 2.05) is 6.07 Å². The van der Waals surface area contributed by atoms with Crippen LogP contribution in [0.2, 0.25) is 4.34 Å². The zero-order chi connectivity index (χ0) is 13.7. The van der Waals surface area contributed by atoms with Gasteiger partial charge in [-0.05, 0) is 44.0 Å². The van der Waals surface area contributed by atoms with Crippen molar-refractivity contribution in [3.63, 3.8) is 0 Å². The third-order valence-corrected chi connectivity index (χ3v) is 4.39. The van der Waals surface area contributed by atoms with Crippen LogP contribution in [0.5, 0.6) is 0 Å². The molecule has 0 saturated heterocycles. The maximum atomic E-state index is 6.00. The number of halogens is 1. The van der Waals surface area contributed by atoms with Gasteiger partial charge in [-0.3, -0.25) is 0 Å². The number of hydrogen-bond acceptors (Lipinski definition) is 2. The highest BCUT2D eigenvalue weighted by Crippen LogP contribution is 2.23. The molecule has 1 atom stereocenters. The zero-order valence-electron chi connectivity index (χ0n) is 11.4. The van der Waals surface area contributed by atoms with Gasteiger partial charge >= 0.3 is 0 Å². The molecule has 0 aliphatic rings. The highest BCUT2D eigenvalue weighted by Gasteiger charge is 2.11. The first-order valence-electron chi connectivity index (χ1n) is 6.70. The lowest BCUT2D eigenvalue weighted by atomic mass is 10.0. The molecule has 1 aromatic carbocycles. The van der Waals surface area contributed by atoms with Crippen LogP contribution >= 0.6 is 22.9 Å². The third kappa shape index (κ3) is 4.64. The molecule has 19 heavy (non-hydrogen) atoms. The van der Waals surface area contributed by atoms with E-state index in [0.29, 0.717) is 6.04 Å². The summed E-state index contributed by atoms with van der Waals surface area (Å²) in [7, 11) is 0. The Kier molecular flexibility index (Phi) is 5.44. The van der Waals surface area contributed by atoms with Gasteiger partial charge in [0.2, 0.25) is 0 Å². The van der Waals surface area contributed by atoms with E-state index in [1.165, 1.54) is 16.0 Å². The molecule has 0 fully saturated rings. The van der Waals surface area contributed by atoms with Gasteiger partial charge in [-0.25, -0.2) is 0 Å². The van der Waals surface area contributed by atoms with Gasteiger partial charge in [0.25, 0.3) is 0 Å². The summed E-state index contributed by atoms with van der Waals surface area (Å²) in [6.07, 6.45) is 2.10. The van der Waals surface area contributed by atoms with Gasteiger partial charge < -0.3 is 5.32 Å². The van der Waals surface area contributed by atoms with E-state index in [0.717, 1.165) is 23.7 Å². The molecule has 102 valence electrons. The minimum Gasteiger partial charge on any atom is -0.314 e. The fourth-order valence-corrected chi connectivity index (χ4v) is 3.50. The van der Waals surface area contributed by atoms with Crippen molar-refractivity contribution in [2.75, 3.05) is 6.54 Å². The van der Waals surface area contributed by atoms with Crippen LogP contribution < -0.4 is 5.32 Å². The van der Waals surface area contributed by atoms with Crippen molar-refractivity contribution >= 4 is 22.9 Å². The fraction of sp³-hybridized carbons (Fsp3) is 0.375. The van der Waals surface area contributed by atoms with E-state index >= 15 is 0 Å². The van der Waals surface area contributed by atoms with Crippen molar-refractivity contribution < 1.29 is 0 Å². The maximum absolute atomic E-state index is 6.00. The van der Waals surface area contributed by atoms with Crippen LogP contribution in [-0.4, -0.2) is 12.6 Å². The first-order valence-corrected chi connectivity index (χ1v) is 7.90. The summed E-state index contributed by atoms with van der Waals surface area (Å²) < 4.78 is 0.876. The Morgan fingerprint density at radius 3 is 2.68 bits per heavy atom. The maximum Gasteiger partial charge on any atom is 0.0931 e. The van der Waals surface area contributed by atoms with Gasteiger partial charge in [0, 0.05) is 10.9 Å². The highest BCUT2D eigenvalue weighted by molar-refractivity contribution is 7.16. The number of thiophene rings is 1. The molecule has 0 radical (unpaired) electrons. The largest absolute Gasteiger partial charge is 0.314 e. The van der Waals surface area contributed by atoms with Gasteiger partial charge in [-0.2, -0.15) is 0 Å². The molecule has 0 spiro atoms. The van der Waals surface area contributed by atoms with E-state index in [-0.39, 0.29) is 0 Å². The lowest BCUT2D eigenvalue weighted by Crippen LogP contribution is -2.32. The molecule has 0 amide bonds. The Bertz CT molecular complexity index is 521. The molecule has 0 saturated carbocycles. The summed E-state index contributed by atoms with van der Waals surface area (Å²) in [5, 5.41) is 3.57. The second kappa shape index (κ2) is 7.09. The van der Waals surface area contributed by atoms with Crippen LogP contribution in [0.1, 0.15) is 22.9 Å². The third-order valence-electron chi connectivity index (χ3n) is 3.13. The molecule has 1 heterocycles. The second-order valence-corrected chi connectivity index (χ2v) is 6.66. The van der Waals surface area contributed by atoms with Crippen LogP contribution in [0, 0.1) is 6.92 Å². The van der Waals surface area contributed by atoms with Gasteiger partial charge in [0.05, 0.1) is 4.34 Å². The first kappa shape index (κ1) is 14.6. The minimum absolute atomic E-state index is 0.474. The van der Waals surface area contributed by atoms with Crippen LogP contribution in [0.4, 0.5) is 0 Å². The molecule has 1 N–H and O–H groups in total. The van der Waals surface area contributed by atoms with Crippen molar-refractivity contribution in [2.45, 2.75) is 32.7 Å². The Labute approximate surface area is 124 Å². The van der Waals surface area contributed by atoms with Crippen LogP contribution in [0.15, 0.2) is 36.4 Å². The van der Waals surface area contributed by atoms with Crippen molar-refractivity contribution in [1.82, 2.24) is 5.32 Å². The van der Waals surface area contributed by atoms with E-state index in [9.17, 15) is 0 Å². The van der Waals surface area contributed by atoms with Gasteiger partial charge in [0.15, 0.2) is 0 Å². The Balaban J connectivity index is 2.03. The van der Waals surface area contributed by atoms with E-state index in [1.54, 1.807) is 11.3 Å². The van der Waals surface area contributed by atoms with Crippen molar-refractivity contribution in [1.29, 1.82) is 0 Å². The lowest BCUT2D eigenvalue weighted by Gasteiger charge is -2.17. The molecule has 0 bridgehead atoms. The van der Waals surface area contributed by atoms with E-state index in [2.05, 4.69) is 49.5 Å². The molecule has 2 aromatic rings. The molecular formula is C16H20ClNS. The summed E-state index contributed by atoms with van der Waals surface area (Å²) in [5.41, 5.74) is 2.72. The van der Waals surface area contributed by atoms with Gasteiger partial charge in [0.1, 0.15) is 0 Å². The minimum atomic E-state index is 0.474. The molecule has 2 rings (SSSR count). The SMILES string of the molecule is CCNC(Cc1cccc(C)c1)Cc1ccc(Cl)s1. The topological polar surface area (TPSA) is 12.0 Å². The van der Waals surface area contributed by atoms with E-state index in [4.69, 9.17) is 11.6 Å². The Morgan fingerprint density at radius 1 is 1.21 bits per heavy atom. The summed E-state index contributed by atoms with van der Waals surface area (Å²) in [6.45, 7) is 5.30. The zero-order valence-corrected chi connectivity index (χ0v) is 13.0. The predicted molar refractivity (Wildman–Crippen MR) is 85.4 cm³/mol. The molecule has 1 nitrogen and oxygen atoms in total. The molecular weight excluding hydrogens is 274 g/mol. The van der Waals surface area contributed by atoms with Crippen molar-refractivity contribution in [3.05, 3.63) is 56.7 Å². The van der Waals surface area contributed by atoms with Crippen LogP contribution in [0.25, 0.3) is 0 Å². The lowest BCUT2D eigenvalue weighted by molar-refractivity contribution is 0.524. The number of benzene rings is 1. The van der Waals surface area contributed by atoms with Gasteiger partial charge in [-0.1, -0.05) is 48.4 Å². The highest BCUT2D eigenvalue weighted by atomic mass is 35.5. The van der Waals surface area contributed by atoms with E-state index < -0.39 is 0 Å². The number of likely N-dealkylation sites (N-methyl/N-ethyl adjacent to an activating group) is 1. The van der Waals surface area contributed by atoms with Crippen molar-refractivity contribution in [2.24, 2.45) is 0 Å². The van der Waals surface area contributed by atoms with Crippen molar-refractivity contribution in [3.8, 4) is 0 Å². The van der Waals surface area contributed by atoms with Gasteiger partial charge in [-0.15, -0.1) is 11.3 Å². The summed E-state index contributed by atoms with van der Waals surface area (Å²) in [6, 6.07) is 13.3. The summed E-state index contributed by atoms with van der Waals surface area (Å²) in [5.74, 6) is 0. The Morgan fingerprint density at radius 2 is 2.05 bits per heavy atom. The molecule has 0 aliphatic carbocycles. The normalized spacial score (nSPS) is 12.6. The average molecular weight is 294 g/mol. The smallest absolute Gasteiger partial charge is 0.0931 e.